The van der Waals surface area contributed by atoms with Crippen molar-refractivity contribution >= 4 is 23.0 Å². The van der Waals surface area contributed by atoms with Crippen LogP contribution < -0.4 is 5.48 Å². The van der Waals surface area contributed by atoms with E-state index in [1.165, 1.54) is 17.6 Å². The van der Waals surface area contributed by atoms with E-state index in [4.69, 9.17) is 5.21 Å². The monoisotopic (exact) mass is 340 g/mol. The van der Waals surface area contributed by atoms with E-state index in [9.17, 15) is 4.79 Å². The number of H-pyrrole nitrogens is 1. The average Bonchev–Trinajstić information content (AvgIpc) is 3.23. The Morgan fingerprint density at radius 1 is 1.40 bits per heavy atom. The first kappa shape index (κ1) is 16.8. The van der Waals surface area contributed by atoms with Crippen molar-refractivity contribution in [1.82, 2.24) is 30.4 Å². The number of carbonyl (C=O) groups is 1. The van der Waals surface area contributed by atoms with E-state index in [1.807, 2.05) is 24.3 Å². The highest BCUT2D eigenvalue weighted by molar-refractivity contribution is 5.90. The highest BCUT2D eigenvalue weighted by atomic mass is 16.5. The van der Waals surface area contributed by atoms with Crippen LogP contribution in [0, 0.1) is 5.92 Å². The molecule has 1 unspecified atom stereocenters. The lowest BCUT2D eigenvalue weighted by Gasteiger charge is -2.16. The summed E-state index contributed by atoms with van der Waals surface area (Å²) in [5.74, 6) is 0.635. The van der Waals surface area contributed by atoms with Crippen LogP contribution in [0.15, 0.2) is 36.5 Å². The summed E-state index contributed by atoms with van der Waals surface area (Å²) in [6.45, 7) is 4.28. The Bertz CT molecular complexity index is 862. The molecule has 0 saturated carbocycles. The standard InChI is InChI=1S/C17H20N6O2/c1-11(2)9-15(17-18-13-5-3-4-6-14(13)19-17)23-10-12(20-22-23)7-8-16(24)21-25/h3-8,10-11,15,25H,9H2,1-2H3,(H,18,19)(H,21,24). The number of fused-ring (bicyclic) bond motifs is 1. The maximum atomic E-state index is 11.1. The second kappa shape index (κ2) is 7.27. The molecule has 2 heterocycles. The number of hydroxylamine groups is 1. The molecule has 1 atom stereocenters. The Hall–Kier alpha value is -3.00. The van der Waals surface area contributed by atoms with Gasteiger partial charge < -0.3 is 4.98 Å². The van der Waals surface area contributed by atoms with Crippen molar-refractivity contribution in [2.24, 2.45) is 5.92 Å². The quantitative estimate of drug-likeness (QED) is 0.362. The first-order valence-corrected chi connectivity index (χ1v) is 8.05. The summed E-state index contributed by atoms with van der Waals surface area (Å²) in [6.07, 6.45) is 5.26. The predicted molar refractivity (Wildman–Crippen MR) is 92.7 cm³/mol. The van der Waals surface area contributed by atoms with Crippen LogP contribution in [0.2, 0.25) is 0 Å². The third-order valence-corrected chi connectivity index (χ3v) is 3.78. The van der Waals surface area contributed by atoms with Gasteiger partial charge in [-0.25, -0.2) is 15.1 Å². The smallest absolute Gasteiger partial charge is 0.267 e. The van der Waals surface area contributed by atoms with Crippen LogP contribution in [0.5, 0.6) is 0 Å². The maximum absolute atomic E-state index is 11.1. The van der Waals surface area contributed by atoms with Crippen molar-refractivity contribution in [1.29, 1.82) is 0 Å². The fraction of sp³-hybridized carbons (Fsp3) is 0.294. The number of benzene rings is 1. The van der Waals surface area contributed by atoms with Gasteiger partial charge in [0.2, 0.25) is 0 Å². The highest BCUT2D eigenvalue weighted by Gasteiger charge is 2.20. The lowest BCUT2D eigenvalue weighted by atomic mass is 10.0. The van der Waals surface area contributed by atoms with Gasteiger partial charge in [-0.15, -0.1) is 5.10 Å². The molecule has 0 aliphatic heterocycles. The highest BCUT2D eigenvalue weighted by Crippen LogP contribution is 2.25. The Morgan fingerprint density at radius 2 is 2.20 bits per heavy atom. The summed E-state index contributed by atoms with van der Waals surface area (Å²) in [5.41, 5.74) is 3.94. The molecule has 3 rings (SSSR count). The molecule has 130 valence electrons. The number of amides is 1. The second-order valence-electron chi connectivity index (χ2n) is 6.22. The topological polar surface area (TPSA) is 109 Å². The number of para-hydroxylation sites is 2. The summed E-state index contributed by atoms with van der Waals surface area (Å²) >= 11 is 0. The van der Waals surface area contributed by atoms with Crippen LogP contribution >= 0.6 is 0 Å². The van der Waals surface area contributed by atoms with Crippen LogP contribution in [0.3, 0.4) is 0 Å². The minimum Gasteiger partial charge on any atom is -0.340 e. The van der Waals surface area contributed by atoms with E-state index < -0.39 is 5.91 Å². The van der Waals surface area contributed by atoms with Crippen molar-refractivity contribution < 1.29 is 10.0 Å². The van der Waals surface area contributed by atoms with Gasteiger partial charge >= 0.3 is 0 Å². The SMILES string of the molecule is CC(C)CC(c1nc2ccccc2[nH]1)n1cc(C=CC(=O)NO)nn1. The average molecular weight is 340 g/mol. The van der Waals surface area contributed by atoms with E-state index in [1.54, 1.807) is 10.9 Å². The molecule has 0 spiro atoms. The molecule has 1 aromatic carbocycles. The fourth-order valence-corrected chi connectivity index (χ4v) is 2.64. The normalized spacial score (nSPS) is 13.0. The van der Waals surface area contributed by atoms with Crippen molar-refractivity contribution in [3.05, 3.63) is 48.1 Å². The molecule has 0 aliphatic rings. The third kappa shape index (κ3) is 3.92. The molecule has 2 aromatic heterocycles. The van der Waals surface area contributed by atoms with E-state index in [2.05, 4.69) is 34.1 Å². The van der Waals surface area contributed by atoms with Gasteiger partial charge in [0.05, 0.1) is 17.2 Å². The van der Waals surface area contributed by atoms with Crippen molar-refractivity contribution in [3.63, 3.8) is 0 Å². The van der Waals surface area contributed by atoms with Gasteiger partial charge in [0.1, 0.15) is 17.6 Å². The molecule has 0 aliphatic carbocycles. The summed E-state index contributed by atoms with van der Waals surface area (Å²) in [7, 11) is 0. The number of hydrogen-bond acceptors (Lipinski definition) is 5. The summed E-state index contributed by atoms with van der Waals surface area (Å²) in [6, 6.07) is 7.78. The maximum Gasteiger partial charge on any atom is 0.267 e. The van der Waals surface area contributed by atoms with Crippen LogP contribution in [0.25, 0.3) is 17.1 Å². The molecule has 0 fully saturated rings. The Balaban J connectivity index is 1.92. The molecule has 0 saturated heterocycles. The van der Waals surface area contributed by atoms with E-state index in [0.717, 1.165) is 23.3 Å². The van der Waals surface area contributed by atoms with E-state index >= 15 is 0 Å². The Kier molecular flexibility index (Phi) is 4.90. The lowest BCUT2D eigenvalue weighted by Crippen LogP contribution is -2.15. The lowest BCUT2D eigenvalue weighted by molar-refractivity contribution is -0.124. The molecule has 0 bridgehead atoms. The molecule has 3 aromatic rings. The number of imidazole rings is 1. The molecule has 25 heavy (non-hydrogen) atoms. The van der Waals surface area contributed by atoms with Crippen LogP contribution in [-0.4, -0.2) is 36.1 Å². The summed E-state index contributed by atoms with van der Waals surface area (Å²) in [5, 5.41) is 16.8. The third-order valence-electron chi connectivity index (χ3n) is 3.78. The predicted octanol–water partition coefficient (Wildman–Crippen LogP) is 2.31. The number of aromatic nitrogens is 5. The van der Waals surface area contributed by atoms with Gasteiger partial charge in [-0.3, -0.25) is 10.0 Å². The van der Waals surface area contributed by atoms with E-state index in [-0.39, 0.29) is 6.04 Å². The second-order valence-corrected chi connectivity index (χ2v) is 6.22. The molecular weight excluding hydrogens is 320 g/mol. The zero-order valence-electron chi connectivity index (χ0n) is 14.0. The van der Waals surface area contributed by atoms with Crippen molar-refractivity contribution in [2.75, 3.05) is 0 Å². The van der Waals surface area contributed by atoms with Gasteiger partial charge in [-0.05, 0) is 30.5 Å². The van der Waals surface area contributed by atoms with Gasteiger partial charge in [0.25, 0.3) is 5.91 Å². The molecule has 1 amide bonds. The number of rotatable bonds is 6. The fourth-order valence-electron chi connectivity index (χ4n) is 2.64. The van der Waals surface area contributed by atoms with Crippen LogP contribution in [0.4, 0.5) is 0 Å². The van der Waals surface area contributed by atoms with Crippen molar-refractivity contribution in [3.8, 4) is 0 Å². The summed E-state index contributed by atoms with van der Waals surface area (Å²) < 4.78 is 1.74. The van der Waals surface area contributed by atoms with Crippen molar-refractivity contribution in [2.45, 2.75) is 26.3 Å². The van der Waals surface area contributed by atoms with Crippen LogP contribution in [0.1, 0.15) is 37.8 Å². The first-order chi connectivity index (χ1) is 12.1. The van der Waals surface area contributed by atoms with Gasteiger partial charge in [-0.2, -0.15) is 0 Å². The van der Waals surface area contributed by atoms with Gasteiger partial charge in [-0.1, -0.05) is 31.2 Å². The molecule has 0 radical (unpaired) electrons. The zero-order valence-corrected chi connectivity index (χ0v) is 14.0. The molecule has 3 N–H and O–H groups in total. The number of nitrogens with one attached hydrogen (secondary N) is 2. The minimum absolute atomic E-state index is 0.0891. The summed E-state index contributed by atoms with van der Waals surface area (Å²) in [4.78, 5) is 19.1. The number of carbonyl (C=O) groups excluding carboxylic acids is 1. The van der Waals surface area contributed by atoms with E-state index in [0.29, 0.717) is 11.6 Å². The molecule has 8 nitrogen and oxygen atoms in total. The molecular formula is C17H20N6O2. The number of hydrogen-bond donors (Lipinski definition) is 3. The van der Waals surface area contributed by atoms with Crippen LogP contribution in [-0.2, 0) is 4.79 Å². The Morgan fingerprint density at radius 3 is 2.92 bits per heavy atom. The van der Waals surface area contributed by atoms with Gasteiger partial charge in [0, 0.05) is 6.08 Å². The minimum atomic E-state index is -0.620. The molecule has 8 heteroatoms. The number of aromatic amines is 1. The first-order valence-electron chi connectivity index (χ1n) is 8.05. The zero-order chi connectivity index (χ0) is 17.8. The Labute approximate surface area is 144 Å². The largest absolute Gasteiger partial charge is 0.340 e. The van der Waals surface area contributed by atoms with Gasteiger partial charge in [0.15, 0.2) is 0 Å². The number of nitrogens with zero attached hydrogens (tertiary/aromatic N) is 4.